The van der Waals surface area contributed by atoms with E-state index < -0.39 is 42.0 Å². The number of imidazole rings is 1. The second-order valence-electron chi connectivity index (χ2n) is 5.18. The first-order valence-corrected chi connectivity index (χ1v) is 6.96. The molecule has 0 saturated heterocycles. The van der Waals surface area contributed by atoms with Gasteiger partial charge in [-0.05, 0) is 13.8 Å². The minimum atomic E-state index is -1.31. The van der Waals surface area contributed by atoms with Crippen LogP contribution in [0.3, 0.4) is 0 Å². The third kappa shape index (κ3) is 5.68. The largest absolute Gasteiger partial charge is 0.480 e. The fourth-order valence-electron chi connectivity index (χ4n) is 1.76. The van der Waals surface area contributed by atoms with Crippen LogP contribution in [0, 0.1) is 0 Å². The van der Waals surface area contributed by atoms with Crippen molar-refractivity contribution in [1.82, 2.24) is 20.6 Å². The van der Waals surface area contributed by atoms with Crippen LogP contribution >= 0.6 is 0 Å². The Morgan fingerprint density at radius 3 is 2.43 bits per heavy atom. The topological polar surface area (TPSA) is 170 Å². The van der Waals surface area contributed by atoms with Crippen molar-refractivity contribution in [3.05, 3.63) is 18.2 Å². The fraction of sp³-hybridized carbons (Fsp3) is 0.538. The zero-order valence-corrected chi connectivity index (χ0v) is 12.8. The summed E-state index contributed by atoms with van der Waals surface area (Å²) >= 11 is 0. The molecule has 7 N–H and O–H groups in total. The molecule has 0 aliphatic rings. The Morgan fingerprint density at radius 1 is 1.30 bits per heavy atom. The van der Waals surface area contributed by atoms with Crippen LogP contribution in [-0.4, -0.2) is 62.2 Å². The highest BCUT2D eigenvalue weighted by Crippen LogP contribution is 2.00. The maximum atomic E-state index is 12.0. The molecule has 23 heavy (non-hydrogen) atoms. The zero-order chi connectivity index (χ0) is 17.6. The Labute approximate surface area is 132 Å². The normalized spacial score (nSPS) is 16.0. The quantitative estimate of drug-likeness (QED) is 0.312. The van der Waals surface area contributed by atoms with Crippen LogP contribution in [-0.2, 0) is 20.8 Å². The van der Waals surface area contributed by atoms with Gasteiger partial charge in [0, 0.05) is 18.3 Å². The zero-order valence-electron chi connectivity index (χ0n) is 12.8. The number of aromatic amines is 1. The maximum absolute atomic E-state index is 12.0. The standard InChI is InChI=1S/C13H21N5O5/c1-6(13(22)23)17-12(21)10(7(2)19)18-11(20)9(14)3-8-4-15-5-16-8/h4-7,9-10,19H,3,14H2,1-2H3,(H,15,16)(H,17,21)(H,18,20)(H,22,23). The van der Waals surface area contributed by atoms with Crippen molar-refractivity contribution < 1.29 is 24.6 Å². The molecule has 4 unspecified atom stereocenters. The number of hydrogen-bond acceptors (Lipinski definition) is 6. The first kappa shape index (κ1) is 18.6. The molecule has 0 fully saturated rings. The van der Waals surface area contributed by atoms with E-state index in [0.29, 0.717) is 5.69 Å². The summed E-state index contributed by atoms with van der Waals surface area (Å²) in [6.07, 6.45) is 1.91. The molecule has 0 radical (unpaired) electrons. The smallest absolute Gasteiger partial charge is 0.325 e. The number of hydrogen-bond donors (Lipinski definition) is 6. The van der Waals surface area contributed by atoms with Crippen LogP contribution in [0.4, 0.5) is 0 Å². The van der Waals surface area contributed by atoms with E-state index in [1.54, 1.807) is 0 Å². The summed E-state index contributed by atoms with van der Waals surface area (Å²) in [6, 6.07) is -3.42. The van der Waals surface area contributed by atoms with Crippen molar-refractivity contribution in [2.24, 2.45) is 5.73 Å². The van der Waals surface area contributed by atoms with Gasteiger partial charge < -0.3 is 31.6 Å². The van der Waals surface area contributed by atoms with E-state index in [-0.39, 0.29) is 6.42 Å². The third-order valence-corrected chi connectivity index (χ3v) is 3.12. The lowest BCUT2D eigenvalue weighted by Crippen LogP contribution is -2.58. The number of carbonyl (C=O) groups excluding carboxylic acids is 2. The minimum Gasteiger partial charge on any atom is -0.480 e. The number of nitrogens with two attached hydrogens (primary N) is 1. The molecule has 0 bridgehead atoms. The third-order valence-electron chi connectivity index (χ3n) is 3.12. The molecule has 1 aromatic heterocycles. The summed E-state index contributed by atoms with van der Waals surface area (Å²) in [4.78, 5) is 41.3. The molecule has 2 amide bonds. The summed E-state index contributed by atoms with van der Waals surface area (Å²) in [5, 5.41) is 22.9. The summed E-state index contributed by atoms with van der Waals surface area (Å²) in [7, 11) is 0. The van der Waals surface area contributed by atoms with Crippen LogP contribution < -0.4 is 16.4 Å². The van der Waals surface area contributed by atoms with Gasteiger partial charge in [-0.1, -0.05) is 0 Å². The second-order valence-corrected chi connectivity index (χ2v) is 5.18. The Bertz CT molecular complexity index is 545. The van der Waals surface area contributed by atoms with E-state index in [9.17, 15) is 19.5 Å². The average molecular weight is 327 g/mol. The monoisotopic (exact) mass is 327 g/mol. The molecule has 10 heteroatoms. The molecule has 1 rings (SSSR count). The first-order valence-electron chi connectivity index (χ1n) is 6.96. The molecule has 1 aromatic rings. The number of H-pyrrole nitrogens is 1. The summed E-state index contributed by atoms with van der Waals surface area (Å²) in [6.45, 7) is 2.57. The highest BCUT2D eigenvalue weighted by Gasteiger charge is 2.29. The number of aliphatic hydroxyl groups is 1. The van der Waals surface area contributed by atoms with Crippen LogP contribution in [0.5, 0.6) is 0 Å². The number of aliphatic hydroxyl groups excluding tert-OH is 1. The van der Waals surface area contributed by atoms with E-state index in [1.807, 2.05) is 0 Å². The molecule has 0 aliphatic heterocycles. The molecule has 0 saturated carbocycles. The van der Waals surface area contributed by atoms with Gasteiger partial charge in [-0.15, -0.1) is 0 Å². The number of rotatable bonds is 8. The van der Waals surface area contributed by atoms with Gasteiger partial charge in [0.25, 0.3) is 0 Å². The Morgan fingerprint density at radius 2 is 1.96 bits per heavy atom. The molecule has 10 nitrogen and oxygen atoms in total. The predicted molar refractivity (Wildman–Crippen MR) is 79.1 cm³/mol. The van der Waals surface area contributed by atoms with Gasteiger partial charge in [-0.2, -0.15) is 0 Å². The Kier molecular flexibility index (Phi) is 6.66. The molecular weight excluding hydrogens is 306 g/mol. The number of aromatic nitrogens is 2. The van der Waals surface area contributed by atoms with E-state index in [0.717, 1.165) is 0 Å². The number of carbonyl (C=O) groups is 3. The van der Waals surface area contributed by atoms with Crippen molar-refractivity contribution in [3.63, 3.8) is 0 Å². The number of amides is 2. The number of nitrogens with one attached hydrogen (secondary N) is 3. The Hall–Kier alpha value is -2.46. The number of carboxylic acid groups (broad SMARTS) is 1. The molecule has 128 valence electrons. The summed E-state index contributed by atoms with van der Waals surface area (Å²) < 4.78 is 0. The van der Waals surface area contributed by atoms with Crippen molar-refractivity contribution in [2.45, 2.75) is 44.5 Å². The van der Waals surface area contributed by atoms with E-state index in [4.69, 9.17) is 10.8 Å². The van der Waals surface area contributed by atoms with E-state index in [2.05, 4.69) is 20.6 Å². The van der Waals surface area contributed by atoms with Crippen molar-refractivity contribution in [1.29, 1.82) is 0 Å². The molecule has 1 heterocycles. The minimum absolute atomic E-state index is 0.172. The molecular formula is C13H21N5O5. The summed E-state index contributed by atoms with van der Waals surface area (Å²) in [5.74, 6) is -2.69. The molecule has 0 aromatic carbocycles. The number of aliphatic carboxylic acids is 1. The Balaban J connectivity index is 2.65. The van der Waals surface area contributed by atoms with Gasteiger partial charge in [0.15, 0.2) is 0 Å². The lowest BCUT2D eigenvalue weighted by Gasteiger charge is -2.23. The highest BCUT2D eigenvalue weighted by molar-refractivity contribution is 5.92. The average Bonchev–Trinajstić information content (AvgIpc) is 2.96. The lowest BCUT2D eigenvalue weighted by molar-refractivity contribution is -0.142. The van der Waals surface area contributed by atoms with Crippen LogP contribution in [0.15, 0.2) is 12.5 Å². The van der Waals surface area contributed by atoms with Crippen LogP contribution in [0.2, 0.25) is 0 Å². The van der Waals surface area contributed by atoms with Crippen molar-refractivity contribution in [3.8, 4) is 0 Å². The summed E-state index contributed by atoms with van der Waals surface area (Å²) in [5.41, 5.74) is 6.38. The van der Waals surface area contributed by atoms with Crippen molar-refractivity contribution in [2.75, 3.05) is 0 Å². The molecule has 4 atom stereocenters. The molecule has 0 spiro atoms. The van der Waals surface area contributed by atoms with Crippen LogP contribution in [0.25, 0.3) is 0 Å². The highest BCUT2D eigenvalue weighted by atomic mass is 16.4. The lowest BCUT2D eigenvalue weighted by atomic mass is 10.1. The van der Waals surface area contributed by atoms with Gasteiger partial charge in [0.05, 0.1) is 18.5 Å². The van der Waals surface area contributed by atoms with Gasteiger partial charge in [0.2, 0.25) is 11.8 Å². The van der Waals surface area contributed by atoms with E-state index in [1.165, 1.54) is 26.4 Å². The van der Waals surface area contributed by atoms with Crippen molar-refractivity contribution >= 4 is 17.8 Å². The van der Waals surface area contributed by atoms with Gasteiger partial charge in [-0.25, -0.2) is 4.98 Å². The first-order chi connectivity index (χ1) is 10.7. The van der Waals surface area contributed by atoms with Gasteiger partial charge in [-0.3, -0.25) is 14.4 Å². The predicted octanol–water partition coefficient (Wildman–Crippen LogP) is -2.27. The maximum Gasteiger partial charge on any atom is 0.325 e. The number of nitrogens with zero attached hydrogens (tertiary/aromatic N) is 1. The fourth-order valence-corrected chi connectivity index (χ4v) is 1.76. The van der Waals surface area contributed by atoms with Crippen LogP contribution in [0.1, 0.15) is 19.5 Å². The SMILES string of the molecule is CC(NC(=O)C(NC(=O)C(N)Cc1cnc[nH]1)C(C)O)C(=O)O. The molecule has 0 aliphatic carbocycles. The van der Waals surface area contributed by atoms with Gasteiger partial charge >= 0.3 is 5.97 Å². The van der Waals surface area contributed by atoms with Gasteiger partial charge in [0.1, 0.15) is 12.1 Å². The second kappa shape index (κ2) is 8.25. The van der Waals surface area contributed by atoms with E-state index >= 15 is 0 Å². The number of carboxylic acids is 1.